The van der Waals surface area contributed by atoms with Crippen LogP contribution < -0.4 is 5.43 Å². The number of fused-ring (bicyclic) bond motifs is 5. The molecule has 258 valence electrons. The lowest BCUT2D eigenvalue weighted by molar-refractivity contribution is -0.142. The highest BCUT2D eigenvalue weighted by Gasteiger charge is 2.70. The van der Waals surface area contributed by atoms with E-state index in [1.54, 1.807) is 6.07 Å². The van der Waals surface area contributed by atoms with Gasteiger partial charge in [-0.05, 0) is 65.8 Å². The topological polar surface area (TPSA) is 107 Å². The lowest BCUT2D eigenvalue weighted by atomic mass is 9.48. The quantitative estimate of drug-likeness (QED) is 0.147. The third kappa shape index (κ3) is 4.59. The Morgan fingerprint density at radius 1 is 0.750 bits per heavy atom. The molecule has 4 amide bonds. The van der Waals surface area contributed by atoms with Crippen molar-refractivity contribution in [2.75, 3.05) is 5.43 Å². The van der Waals surface area contributed by atoms with E-state index in [-0.39, 0.29) is 30.5 Å². The third-order valence-corrected chi connectivity index (χ3v) is 11.9. The van der Waals surface area contributed by atoms with Crippen LogP contribution in [0.5, 0.6) is 5.75 Å². The maximum Gasteiger partial charge on any atom is 0.260 e. The Hall–Kier alpha value is -6.02. The van der Waals surface area contributed by atoms with Crippen molar-refractivity contribution in [2.45, 2.75) is 37.6 Å². The summed E-state index contributed by atoms with van der Waals surface area (Å²) < 4.78 is 0. The summed E-state index contributed by atoms with van der Waals surface area (Å²) in [6.45, 7) is 2.14. The minimum atomic E-state index is -1.47. The summed E-state index contributed by atoms with van der Waals surface area (Å²) in [4.78, 5) is 60.3. The second-order valence-electron chi connectivity index (χ2n) is 14.6. The summed E-state index contributed by atoms with van der Waals surface area (Å²) in [6, 6.07) is 37.6. The van der Waals surface area contributed by atoms with Gasteiger partial charge in [-0.15, -0.1) is 0 Å². The highest BCUT2D eigenvalue weighted by atomic mass is 16.3. The van der Waals surface area contributed by atoms with Crippen LogP contribution in [0.1, 0.15) is 41.0 Å². The highest BCUT2D eigenvalue weighted by molar-refractivity contribution is 6.13. The monoisotopic (exact) mass is 687 g/mol. The van der Waals surface area contributed by atoms with E-state index in [1.165, 1.54) is 4.90 Å². The zero-order valence-electron chi connectivity index (χ0n) is 28.6. The number of amides is 4. The number of phenols is 1. The molecule has 0 aromatic heterocycles. The molecule has 52 heavy (non-hydrogen) atoms. The van der Waals surface area contributed by atoms with Crippen molar-refractivity contribution in [3.05, 3.63) is 155 Å². The number of likely N-dealkylation sites (tertiary alicyclic amines) is 1. The summed E-state index contributed by atoms with van der Waals surface area (Å²) in [5.41, 5.74) is 6.16. The Kier molecular flexibility index (Phi) is 7.40. The highest BCUT2D eigenvalue weighted by Crippen LogP contribution is 2.65. The maximum absolute atomic E-state index is 15.5. The fourth-order valence-corrected chi connectivity index (χ4v) is 9.64. The van der Waals surface area contributed by atoms with E-state index >= 15 is 4.79 Å². The molecule has 3 fully saturated rings. The van der Waals surface area contributed by atoms with Gasteiger partial charge in [0.1, 0.15) is 5.75 Å². The van der Waals surface area contributed by atoms with Crippen molar-refractivity contribution in [3.8, 4) is 5.75 Å². The molecule has 1 saturated carbocycles. The number of imide groups is 2. The first kappa shape index (κ1) is 31.9. The van der Waals surface area contributed by atoms with Gasteiger partial charge in [0.15, 0.2) is 0 Å². The second-order valence-corrected chi connectivity index (χ2v) is 14.6. The number of hydrogen-bond acceptors (Lipinski definition) is 6. The van der Waals surface area contributed by atoms with Crippen LogP contribution in [0.4, 0.5) is 5.69 Å². The number of carbonyl (C=O) groups is 4. The molecule has 0 radical (unpaired) electrons. The van der Waals surface area contributed by atoms with Crippen molar-refractivity contribution in [3.63, 3.8) is 0 Å². The molecule has 2 heterocycles. The number of nitrogens with zero attached hydrogens (tertiary/aromatic N) is 2. The Bertz CT molecular complexity index is 2300. The van der Waals surface area contributed by atoms with Gasteiger partial charge in [0.2, 0.25) is 11.8 Å². The van der Waals surface area contributed by atoms with Gasteiger partial charge in [-0.2, -0.15) is 5.01 Å². The van der Waals surface area contributed by atoms with E-state index in [9.17, 15) is 19.5 Å². The predicted molar refractivity (Wildman–Crippen MR) is 196 cm³/mol. The molecule has 5 aromatic carbocycles. The lowest BCUT2D eigenvalue weighted by Crippen LogP contribution is -2.53. The number of aromatic hydroxyl groups is 1. The fourth-order valence-electron chi connectivity index (χ4n) is 9.64. The molecule has 2 N–H and O–H groups in total. The van der Waals surface area contributed by atoms with Gasteiger partial charge in [0, 0.05) is 11.5 Å². The first-order valence-electron chi connectivity index (χ1n) is 17.9. The van der Waals surface area contributed by atoms with E-state index in [0.29, 0.717) is 23.2 Å². The van der Waals surface area contributed by atoms with Gasteiger partial charge in [-0.3, -0.25) is 29.5 Å². The number of phenolic OH excluding ortho intramolecular Hbond substituents is 1. The Labute approximate surface area is 301 Å². The molecule has 8 nitrogen and oxygen atoms in total. The van der Waals surface area contributed by atoms with Crippen LogP contribution in [0, 0.1) is 30.6 Å². The summed E-state index contributed by atoms with van der Waals surface area (Å²) in [7, 11) is 0. The zero-order valence-corrected chi connectivity index (χ0v) is 28.6. The second kappa shape index (κ2) is 12.0. The van der Waals surface area contributed by atoms with Crippen molar-refractivity contribution in [2.24, 2.45) is 23.7 Å². The van der Waals surface area contributed by atoms with E-state index in [2.05, 4.69) is 5.43 Å². The number of aryl methyl sites for hydroxylation is 1. The van der Waals surface area contributed by atoms with Crippen LogP contribution in [0.25, 0.3) is 10.8 Å². The number of nitrogens with one attached hydrogen (secondary N) is 1. The Morgan fingerprint density at radius 2 is 1.44 bits per heavy atom. The van der Waals surface area contributed by atoms with Crippen LogP contribution in [-0.2, 0) is 31.1 Å². The number of benzene rings is 5. The van der Waals surface area contributed by atoms with Gasteiger partial charge < -0.3 is 5.11 Å². The van der Waals surface area contributed by atoms with Gasteiger partial charge in [0.25, 0.3) is 11.8 Å². The van der Waals surface area contributed by atoms with Gasteiger partial charge in [-0.25, -0.2) is 0 Å². The van der Waals surface area contributed by atoms with Crippen molar-refractivity contribution in [1.29, 1.82) is 0 Å². The Balaban J connectivity index is 1.26. The first-order chi connectivity index (χ1) is 25.3. The van der Waals surface area contributed by atoms with E-state index < -0.39 is 46.8 Å². The molecule has 9 rings (SSSR count). The molecule has 8 heteroatoms. The predicted octanol–water partition coefficient (Wildman–Crippen LogP) is 7.04. The summed E-state index contributed by atoms with van der Waals surface area (Å²) in [5, 5.41) is 14.7. The SMILES string of the molecule is Cc1ccc(NN2C(=O)[C@@H]3C[C@@H]4C(=CC[C@@H]5C(=O)N(Cc6ccccc6)C(=O)[C@@H]54)[C@H](c4c(O)ccc5ccccc45)[C@]3(c3ccccc3)C2=O)cc1. The number of anilines is 1. The Morgan fingerprint density at radius 3 is 2.19 bits per heavy atom. The number of hydrazine groups is 1. The third-order valence-electron chi connectivity index (χ3n) is 11.9. The van der Waals surface area contributed by atoms with Gasteiger partial charge in [-0.1, -0.05) is 120 Å². The fraction of sp³-hybridized carbons (Fsp3) is 0.227. The van der Waals surface area contributed by atoms with E-state index in [0.717, 1.165) is 32.5 Å². The normalized spacial score (nSPS) is 26.6. The zero-order chi connectivity index (χ0) is 35.7. The van der Waals surface area contributed by atoms with Crippen molar-refractivity contribution >= 4 is 40.1 Å². The van der Waals surface area contributed by atoms with Crippen LogP contribution >= 0.6 is 0 Å². The molecule has 0 bridgehead atoms. The molecular formula is C44H37N3O5. The summed E-state index contributed by atoms with van der Waals surface area (Å²) >= 11 is 0. The smallest absolute Gasteiger partial charge is 0.260 e. The van der Waals surface area contributed by atoms with Crippen molar-refractivity contribution in [1.82, 2.24) is 9.91 Å². The summed E-state index contributed by atoms with van der Waals surface area (Å²) in [6.07, 6.45) is 2.54. The van der Waals surface area contributed by atoms with Gasteiger partial charge in [0.05, 0.1) is 35.4 Å². The first-order valence-corrected chi connectivity index (χ1v) is 17.9. The summed E-state index contributed by atoms with van der Waals surface area (Å²) in [5.74, 6) is -4.82. The molecule has 2 saturated heterocycles. The number of carbonyl (C=O) groups excluding carboxylic acids is 4. The van der Waals surface area contributed by atoms with Crippen LogP contribution in [0.2, 0.25) is 0 Å². The maximum atomic E-state index is 15.5. The molecule has 4 aliphatic rings. The molecule has 0 spiro atoms. The van der Waals surface area contributed by atoms with E-state index in [4.69, 9.17) is 0 Å². The van der Waals surface area contributed by atoms with Crippen LogP contribution in [0.3, 0.4) is 0 Å². The minimum absolute atomic E-state index is 0.00570. The largest absolute Gasteiger partial charge is 0.508 e. The number of rotatable bonds is 6. The molecule has 6 atom stereocenters. The molecule has 0 unspecified atom stereocenters. The molecule has 2 aliphatic heterocycles. The minimum Gasteiger partial charge on any atom is -0.508 e. The van der Waals surface area contributed by atoms with Crippen LogP contribution in [0.15, 0.2) is 133 Å². The average Bonchev–Trinajstić information content (AvgIpc) is 3.54. The van der Waals surface area contributed by atoms with E-state index in [1.807, 2.05) is 128 Å². The van der Waals surface area contributed by atoms with Gasteiger partial charge >= 0.3 is 0 Å². The molecular weight excluding hydrogens is 651 g/mol. The molecule has 5 aromatic rings. The van der Waals surface area contributed by atoms with Crippen molar-refractivity contribution < 1.29 is 24.3 Å². The van der Waals surface area contributed by atoms with Crippen LogP contribution in [-0.4, -0.2) is 38.6 Å². The standard InChI is InChI=1S/C44H37N3O5/c1-26-16-19-30(20-17-26)45-47-41(50)35-24-34-32(21-22-33-37(34)42(51)46(40(33)49)25-27-10-4-2-5-11-27)39(44(35,43(47)52)29-13-6-3-7-14-29)38-31-15-9-8-12-28(31)18-23-36(38)48/h2-21,23,33-35,37,39,45,48H,22,24-25H2,1H3/t33-,34+,35-,37-,39+,44+/m0/s1. The number of allylic oxidation sites excluding steroid dienone is 2. The average molecular weight is 688 g/mol. The number of hydrogen-bond donors (Lipinski definition) is 2. The molecule has 2 aliphatic carbocycles. The lowest BCUT2D eigenvalue weighted by Gasteiger charge is -2.51.